The van der Waals surface area contributed by atoms with E-state index in [2.05, 4.69) is 0 Å². The van der Waals surface area contributed by atoms with Crippen molar-refractivity contribution >= 4 is 46.6 Å². The number of nitro groups is 1. The highest BCUT2D eigenvalue weighted by Gasteiger charge is 2.31. The van der Waals surface area contributed by atoms with Gasteiger partial charge in [0.25, 0.3) is 11.6 Å². The van der Waals surface area contributed by atoms with E-state index in [1.165, 1.54) is 36.3 Å². The van der Waals surface area contributed by atoms with Gasteiger partial charge in [-0.25, -0.2) is 4.79 Å². The third-order valence-corrected chi connectivity index (χ3v) is 5.42. The minimum atomic E-state index is -0.611. The summed E-state index contributed by atoms with van der Waals surface area (Å²) in [5.41, 5.74) is 3.00. The Labute approximate surface area is 194 Å². The molecule has 164 valence electrons. The second-order valence-corrected chi connectivity index (χ2v) is 7.55. The van der Waals surface area contributed by atoms with Crippen LogP contribution in [0.2, 0.25) is 5.02 Å². The molecule has 0 aliphatic carbocycles. The topological polar surface area (TPSA) is 89.8 Å². The Hall–Kier alpha value is -4.23. The van der Waals surface area contributed by atoms with Crippen LogP contribution in [0.4, 0.5) is 11.4 Å². The highest BCUT2D eigenvalue weighted by Crippen LogP contribution is 2.36. The molecule has 0 fully saturated rings. The van der Waals surface area contributed by atoms with E-state index in [-0.39, 0.29) is 22.2 Å². The summed E-state index contributed by atoms with van der Waals surface area (Å²) in [4.78, 5) is 37.5. The van der Waals surface area contributed by atoms with Crippen molar-refractivity contribution in [2.75, 3.05) is 12.0 Å². The molecule has 0 spiro atoms. The highest BCUT2D eigenvalue weighted by atomic mass is 35.5. The monoisotopic (exact) mass is 460 g/mol. The number of benzene rings is 3. The smallest absolute Gasteiger partial charge is 0.339 e. The van der Waals surface area contributed by atoms with Gasteiger partial charge in [0.2, 0.25) is 0 Å². The number of non-ortho nitro benzene ring substituents is 1. The summed E-state index contributed by atoms with van der Waals surface area (Å²) in [7, 11) is 1.26. The van der Waals surface area contributed by atoms with Crippen LogP contribution in [0, 0.1) is 10.1 Å². The predicted octanol–water partition coefficient (Wildman–Crippen LogP) is 5.51. The number of hydrogen-bond donors (Lipinski definition) is 0. The summed E-state index contributed by atoms with van der Waals surface area (Å²) < 4.78 is 4.80. The van der Waals surface area contributed by atoms with E-state index in [0.717, 1.165) is 5.56 Å². The summed E-state index contributed by atoms with van der Waals surface area (Å²) in [5, 5.41) is 11.1. The average molecular weight is 461 g/mol. The Morgan fingerprint density at radius 1 is 1.06 bits per heavy atom. The van der Waals surface area contributed by atoms with E-state index < -0.39 is 10.9 Å². The largest absolute Gasteiger partial charge is 0.465 e. The number of nitrogens with zero attached hydrogens (tertiary/aromatic N) is 2. The maximum Gasteiger partial charge on any atom is 0.339 e. The van der Waals surface area contributed by atoms with Crippen molar-refractivity contribution in [3.05, 3.63) is 116 Å². The zero-order valence-electron chi connectivity index (χ0n) is 17.4. The summed E-state index contributed by atoms with van der Waals surface area (Å²) in [6, 6.07) is 20.0. The lowest BCUT2D eigenvalue weighted by molar-refractivity contribution is -0.384. The number of ether oxygens (including phenoxy) is 1. The van der Waals surface area contributed by atoms with Crippen molar-refractivity contribution in [2.24, 2.45) is 0 Å². The molecular weight excluding hydrogens is 444 g/mol. The van der Waals surface area contributed by atoms with Crippen molar-refractivity contribution in [1.29, 1.82) is 0 Å². The normalized spacial score (nSPS) is 14.4. The van der Waals surface area contributed by atoms with Crippen LogP contribution < -0.4 is 4.90 Å². The Kier molecular flexibility index (Phi) is 6.06. The molecule has 0 N–H and O–H groups in total. The summed E-state index contributed by atoms with van der Waals surface area (Å²) in [6.07, 6.45) is 3.40. The lowest BCUT2D eigenvalue weighted by atomic mass is 10.1. The summed E-state index contributed by atoms with van der Waals surface area (Å²) in [6.45, 7) is 0. The van der Waals surface area contributed by atoms with Gasteiger partial charge in [0.15, 0.2) is 0 Å². The minimum absolute atomic E-state index is 0.0338. The molecule has 33 heavy (non-hydrogen) atoms. The van der Waals surface area contributed by atoms with Crippen LogP contribution in [-0.4, -0.2) is 23.9 Å². The Morgan fingerprint density at radius 2 is 1.76 bits per heavy atom. The lowest BCUT2D eigenvalue weighted by Crippen LogP contribution is -2.25. The van der Waals surface area contributed by atoms with Crippen molar-refractivity contribution in [3.63, 3.8) is 0 Å². The molecule has 7 nitrogen and oxygen atoms in total. The number of carbonyl (C=O) groups is 2. The number of nitro benzene ring substituents is 1. The van der Waals surface area contributed by atoms with Crippen molar-refractivity contribution in [2.45, 2.75) is 0 Å². The Bertz CT molecular complexity index is 1310. The molecule has 0 bridgehead atoms. The van der Waals surface area contributed by atoms with Crippen LogP contribution in [0.25, 0.3) is 11.8 Å². The zero-order chi connectivity index (χ0) is 23.5. The molecule has 3 aromatic rings. The van der Waals surface area contributed by atoms with E-state index in [0.29, 0.717) is 22.5 Å². The van der Waals surface area contributed by atoms with Gasteiger partial charge in [-0.3, -0.25) is 19.8 Å². The standard InChI is InChI=1S/C25H17ClN2O5/c1-33-25(30)21-15-20(11-12-22(21)26)27-23(17-5-3-2-4-6-17)14-18(24(27)29)13-16-7-9-19(10-8-16)28(31)32/h2-15H,1H3. The molecule has 1 amide bonds. The van der Waals surface area contributed by atoms with Crippen LogP contribution in [0.15, 0.2) is 84.4 Å². The van der Waals surface area contributed by atoms with Gasteiger partial charge in [0.1, 0.15) is 0 Å². The fourth-order valence-corrected chi connectivity index (χ4v) is 3.68. The molecule has 8 heteroatoms. The van der Waals surface area contributed by atoms with Gasteiger partial charge in [-0.1, -0.05) is 41.9 Å². The molecule has 4 rings (SSSR count). The molecular formula is C25H17ClN2O5. The van der Waals surface area contributed by atoms with E-state index in [1.807, 2.05) is 30.3 Å². The van der Waals surface area contributed by atoms with Crippen LogP contribution in [0.3, 0.4) is 0 Å². The number of halogens is 1. The number of amides is 1. The first kappa shape index (κ1) is 22.0. The maximum atomic E-state index is 13.5. The molecule has 0 radical (unpaired) electrons. The quantitative estimate of drug-likeness (QED) is 0.217. The van der Waals surface area contributed by atoms with Gasteiger partial charge >= 0.3 is 5.97 Å². The molecule has 0 unspecified atom stereocenters. The third kappa shape index (κ3) is 4.40. The van der Waals surface area contributed by atoms with E-state index in [1.54, 1.807) is 30.4 Å². The van der Waals surface area contributed by atoms with E-state index >= 15 is 0 Å². The number of rotatable bonds is 5. The molecule has 3 aromatic carbocycles. The number of carbonyl (C=O) groups excluding carboxylic acids is 2. The first-order valence-corrected chi connectivity index (χ1v) is 10.2. The highest BCUT2D eigenvalue weighted by molar-refractivity contribution is 6.34. The van der Waals surface area contributed by atoms with Gasteiger partial charge < -0.3 is 4.74 Å². The second-order valence-electron chi connectivity index (χ2n) is 7.14. The zero-order valence-corrected chi connectivity index (χ0v) is 18.2. The molecule has 1 aliphatic heterocycles. The Morgan fingerprint density at radius 3 is 2.39 bits per heavy atom. The van der Waals surface area contributed by atoms with Gasteiger partial charge in [0.05, 0.1) is 34.0 Å². The van der Waals surface area contributed by atoms with Gasteiger partial charge in [-0.2, -0.15) is 0 Å². The SMILES string of the molecule is COC(=O)c1cc(N2C(=O)C(=Cc3ccc([N+](=O)[O-])cc3)C=C2c2ccccc2)ccc1Cl. The van der Waals surface area contributed by atoms with Crippen LogP contribution in [0.5, 0.6) is 0 Å². The molecule has 0 atom stereocenters. The minimum Gasteiger partial charge on any atom is -0.465 e. The number of hydrogen-bond acceptors (Lipinski definition) is 5. The summed E-state index contributed by atoms with van der Waals surface area (Å²) >= 11 is 6.16. The van der Waals surface area contributed by atoms with Gasteiger partial charge in [0, 0.05) is 17.7 Å². The first-order valence-electron chi connectivity index (χ1n) is 9.84. The van der Waals surface area contributed by atoms with Gasteiger partial charge in [-0.15, -0.1) is 0 Å². The average Bonchev–Trinajstić information content (AvgIpc) is 3.15. The summed E-state index contributed by atoms with van der Waals surface area (Å²) in [5.74, 6) is -0.925. The number of methoxy groups -OCH3 is 1. The molecule has 0 saturated carbocycles. The first-order chi connectivity index (χ1) is 15.9. The van der Waals surface area contributed by atoms with Crippen molar-refractivity contribution < 1.29 is 19.2 Å². The van der Waals surface area contributed by atoms with E-state index in [4.69, 9.17) is 16.3 Å². The van der Waals surface area contributed by atoms with E-state index in [9.17, 15) is 19.7 Å². The second kappa shape index (κ2) is 9.10. The number of anilines is 1. The number of esters is 1. The lowest BCUT2D eigenvalue weighted by Gasteiger charge is -2.21. The molecule has 0 aromatic heterocycles. The van der Waals surface area contributed by atoms with Crippen molar-refractivity contribution in [1.82, 2.24) is 0 Å². The third-order valence-electron chi connectivity index (χ3n) is 5.09. The van der Waals surface area contributed by atoms with Gasteiger partial charge in [-0.05, 0) is 53.6 Å². The molecule has 0 saturated heterocycles. The molecule has 1 aliphatic rings. The maximum absolute atomic E-state index is 13.5. The van der Waals surface area contributed by atoms with Crippen molar-refractivity contribution in [3.8, 4) is 0 Å². The fraction of sp³-hybridized carbons (Fsp3) is 0.0400. The van der Waals surface area contributed by atoms with Crippen LogP contribution >= 0.6 is 11.6 Å². The predicted molar refractivity (Wildman–Crippen MR) is 126 cm³/mol. The Balaban J connectivity index is 1.80. The fourth-order valence-electron chi connectivity index (χ4n) is 3.48. The van der Waals surface area contributed by atoms with Crippen LogP contribution in [0.1, 0.15) is 21.5 Å². The van der Waals surface area contributed by atoms with Crippen LogP contribution in [-0.2, 0) is 9.53 Å². The molecule has 1 heterocycles.